The molecule has 0 saturated heterocycles. The number of tetrazole rings is 1. The molecule has 0 saturated carbocycles. The molecule has 96 valence electrons. The van der Waals surface area contributed by atoms with Crippen LogP contribution in [0.25, 0.3) is 0 Å². The molecule has 6 heteroatoms. The number of ether oxygens (including phenoxy) is 1. The molecule has 0 aliphatic heterocycles. The van der Waals surface area contributed by atoms with Crippen molar-refractivity contribution in [1.29, 1.82) is 0 Å². The van der Waals surface area contributed by atoms with E-state index < -0.39 is 0 Å². The van der Waals surface area contributed by atoms with Crippen LogP contribution in [0.2, 0.25) is 0 Å². The first-order valence-electron chi connectivity index (χ1n) is 6.03. The Morgan fingerprint density at radius 2 is 2.06 bits per heavy atom. The highest BCUT2D eigenvalue weighted by atomic mass is 16.5. The Kier molecular flexibility index (Phi) is 4.66. The molecule has 18 heavy (non-hydrogen) atoms. The first-order chi connectivity index (χ1) is 8.90. The van der Waals surface area contributed by atoms with Gasteiger partial charge in [0.2, 0.25) is 0 Å². The third-order valence-electron chi connectivity index (χ3n) is 2.50. The molecule has 0 aliphatic carbocycles. The van der Waals surface area contributed by atoms with Crippen LogP contribution in [0.15, 0.2) is 30.3 Å². The van der Waals surface area contributed by atoms with Gasteiger partial charge in [-0.15, -0.1) is 5.10 Å². The van der Waals surface area contributed by atoms with Gasteiger partial charge >= 0.3 is 0 Å². The van der Waals surface area contributed by atoms with Crippen molar-refractivity contribution in [3.63, 3.8) is 0 Å². The van der Waals surface area contributed by atoms with Crippen molar-refractivity contribution in [3.8, 4) is 5.75 Å². The largest absolute Gasteiger partial charge is 0.494 e. The summed E-state index contributed by atoms with van der Waals surface area (Å²) in [7, 11) is 0. The summed E-state index contributed by atoms with van der Waals surface area (Å²) < 4.78 is 7.34. The second-order valence-corrected chi connectivity index (χ2v) is 3.87. The van der Waals surface area contributed by atoms with Crippen molar-refractivity contribution in [2.75, 3.05) is 13.2 Å². The third-order valence-corrected chi connectivity index (χ3v) is 2.50. The molecule has 0 atom stereocenters. The Bertz CT molecular complexity index is 457. The van der Waals surface area contributed by atoms with Gasteiger partial charge in [-0.2, -0.15) is 0 Å². The van der Waals surface area contributed by atoms with E-state index in [1.807, 2.05) is 30.3 Å². The van der Waals surface area contributed by atoms with Crippen LogP contribution in [-0.4, -0.2) is 33.4 Å². The number of para-hydroxylation sites is 1. The van der Waals surface area contributed by atoms with Crippen LogP contribution in [0.5, 0.6) is 5.75 Å². The van der Waals surface area contributed by atoms with E-state index in [9.17, 15) is 0 Å². The quantitative estimate of drug-likeness (QED) is 0.726. The highest BCUT2D eigenvalue weighted by Crippen LogP contribution is 2.09. The third kappa shape index (κ3) is 3.53. The van der Waals surface area contributed by atoms with E-state index >= 15 is 0 Å². The number of nitrogens with zero attached hydrogens (tertiary/aromatic N) is 4. The summed E-state index contributed by atoms with van der Waals surface area (Å²) >= 11 is 0. The molecular formula is C12H17N5O. The summed E-state index contributed by atoms with van der Waals surface area (Å²) in [4.78, 5) is 0. The number of aromatic nitrogens is 4. The second-order valence-electron chi connectivity index (χ2n) is 3.87. The standard InChI is InChI=1S/C12H17N5O/c13-8-9-17-12(14-15-16-17)7-4-10-18-11-5-2-1-3-6-11/h1-3,5-6H,4,7-10,13H2. The average molecular weight is 247 g/mol. The summed E-state index contributed by atoms with van der Waals surface area (Å²) in [6.07, 6.45) is 1.67. The Labute approximate surface area is 106 Å². The molecule has 6 nitrogen and oxygen atoms in total. The van der Waals surface area contributed by atoms with Gasteiger partial charge in [0.25, 0.3) is 0 Å². The van der Waals surface area contributed by atoms with Crippen LogP contribution in [0.1, 0.15) is 12.2 Å². The summed E-state index contributed by atoms with van der Waals surface area (Å²) in [5.74, 6) is 1.75. The summed E-state index contributed by atoms with van der Waals surface area (Å²) in [5, 5.41) is 11.5. The first-order valence-corrected chi connectivity index (χ1v) is 6.03. The minimum Gasteiger partial charge on any atom is -0.494 e. The van der Waals surface area contributed by atoms with Crippen LogP contribution < -0.4 is 10.5 Å². The van der Waals surface area contributed by atoms with Crippen LogP contribution in [0.3, 0.4) is 0 Å². The van der Waals surface area contributed by atoms with Crippen molar-refractivity contribution < 1.29 is 4.74 Å². The predicted molar refractivity (Wildman–Crippen MR) is 67.1 cm³/mol. The number of benzene rings is 1. The molecule has 0 spiro atoms. The van der Waals surface area contributed by atoms with Crippen molar-refractivity contribution in [2.45, 2.75) is 19.4 Å². The second kappa shape index (κ2) is 6.70. The normalized spacial score (nSPS) is 10.5. The zero-order valence-corrected chi connectivity index (χ0v) is 10.2. The molecule has 0 radical (unpaired) electrons. The summed E-state index contributed by atoms with van der Waals surface area (Å²) in [6.45, 7) is 1.85. The molecule has 0 amide bonds. The molecule has 0 unspecified atom stereocenters. The van der Waals surface area contributed by atoms with Gasteiger partial charge in [-0.05, 0) is 29.0 Å². The minimum absolute atomic E-state index is 0.540. The van der Waals surface area contributed by atoms with E-state index in [1.165, 1.54) is 0 Å². The molecule has 1 aromatic heterocycles. The maximum Gasteiger partial charge on any atom is 0.151 e. The van der Waals surface area contributed by atoms with E-state index in [0.717, 1.165) is 24.4 Å². The van der Waals surface area contributed by atoms with E-state index in [1.54, 1.807) is 4.68 Å². The lowest BCUT2D eigenvalue weighted by Gasteiger charge is -2.05. The molecule has 0 fully saturated rings. The number of hydrogen-bond donors (Lipinski definition) is 1. The molecule has 2 rings (SSSR count). The smallest absolute Gasteiger partial charge is 0.151 e. The molecule has 1 aromatic carbocycles. The number of nitrogens with two attached hydrogens (primary N) is 1. The van der Waals surface area contributed by atoms with Gasteiger partial charge in [0, 0.05) is 13.0 Å². The first kappa shape index (κ1) is 12.5. The van der Waals surface area contributed by atoms with Crippen LogP contribution in [-0.2, 0) is 13.0 Å². The Balaban J connectivity index is 1.73. The molecule has 0 bridgehead atoms. The Hall–Kier alpha value is -1.95. The van der Waals surface area contributed by atoms with Gasteiger partial charge in [-0.3, -0.25) is 0 Å². The van der Waals surface area contributed by atoms with Gasteiger partial charge in [0.05, 0.1) is 13.2 Å². The summed E-state index contributed by atoms with van der Waals surface area (Å²) in [5.41, 5.74) is 5.48. The van der Waals surface area contributed by atoms with Gasteiger partial charge < -0.3 is 10.5 Å². The summed E-state index contributed by atoms with van der Waals surface area (Å²) in [6, 6.07) is 9.76. The van der Waals surface area contributed by atoms with Gasteiger partial charge in [-0.25, -0.2) is 4.68 Å². The number of aryl methyl sites for hydroxylation is 1. The zero-order valence-electron chi connectivity index (χ0n) is 10.2. The fourth-order valence-corrected chi connectivity index (χ4v) is 1.64. The lowest BCUT2D eigenvalue weighted by molar-refractivity contribution is 0.308. The Morgan fingerprint density at radius 1 is 1.22 bits per heavy atom. The van der Waals surface area contributed by atoms with Gasteiger partial charge in [0.1, 0.15) is 5.75 Å². The maximum absolute atomic E-state index is 5.60. The Morgan fingerprint density at radius 3 is 2.83 bits per heavy atom. The van der Waals surface area contributed by atoms with Crippen molar-refractivity contribution >= 4 is 0 Å². The zero-order chi connectivity index (χ0) is 12.6. The fraction of sp³-hybridized carbons (Fsp3) is 0.417. The van der Waals surface area contributed by atoms with Crippen molar-refractivity contribution in [1.82, 2.24) is 20.2 Å². The lowest BCUT2D eigenvalue weighted by Crippen LogP contribution is -2.14. The SMILES string of the molecule is NCCn1nnnc1CCCOc1ccccc1. The van der Waals surface area contributed by atoms with Crippen LogP contribution in [0, 0.1) is 0 Å². The highest BCUT2D eigenvalue weighted by molar-refractivity contribution is 5.20. The fourth-order valence-electron chi connectivity index (χ4n) is 1.64. The minimum atomic E-state index is 0.540. The monoisotopic (exact) mass is 247 g/mol. The van der Waals surface area contributed by atoms with Crippen LogP contribution in [0.4, 0.5) is 0 Å². The lowest BCUT2D eigenvalue weighted by atomic mass is 10.3. The average Bonchev–Trinajstić information content (AvgIpc) is 2.84. The molecule has 2 aromatic rings. The van der Waals surface area contributed by atoms with E-state index in [-0.39, 0.29) is 0 Å². The maximum atomic E-state index is 5.60. The number of hydrogen-bond acceptors (Lipinski definition) is 5. The van der Waals surface area contributed by atoms with E-state index in [4.69, 9.17) is 10.5 Å². The highest BCUT2D eigenvalue weighted by Gasteiger charge is 2.04. The predicted octanol–water partition coefficient (Wildman–Crippen LogP) is 0.643. The number of rotatable bonds is 7. The van der Waals surface area contributed by atoms with Gasteiger partial charge in [0.15, 0.2) is 5.82 Å². The molecule has 1 heterocycles. The molecular weight excluding hydrogens is 230 g/mol. The van der Waals surface area contributed by atoms with Gasteiger partial charge in [-0.1, -0.05) is 18.2 Å². The molecule has 0 aliphatic rings. The van der Waals surface area contributed by atoms with Crippen molar-refractivity contribution in [2.24, 2.45) is 5.73 Å². The topological polar surface area (TPSA) is 78.9 Å². The van der Waals surface area contributed by atoms with E-state index in [0.29, 0.717) is 19.7 Å². The van der Waals surface area contributed by atoms with E-state index in [2.05, 4.69) is 15.5 Å². The molecule has 2 N–H and O–H groups in total. The van der Waals surface area contributed by atoms with Crippen molar-refractivity contribution in [3.05, 3.63) is 36.2 Å². The van der Waals surface area contributed by atoms with Crippen LogP contribution >= 0.6 is 0 Å².